The van der Waals surface area contributed by atoms with Gasteiger partial charge in [0.1, 0.15) is 24.2 Å². The smallest absolute Gasteiger partial charge is 0.338 e. The highest BCUT2D eigenvalue weighted by Crippen LogP contribution is 2.29. The summed E-state index contributed by atoms with van der Waals surface area (Å²) in [5.41, 5.74) is 1.46. The highest BCUT2D eigenvalue weighted by molar-refractivity contribution is 5.89. The van der Waals surface area contributed by atoms with E-state index in [1.54, 1.807) is 42.5 Å². The van der Waals surface area contributed by atoms with Gasteiger partial charge in [0.05, 0.1) is 5.56 Å². The molecule has 102 valence electrons. The average molecular weight is 270 g/mol. The van der Waals surface area contributed by atoms with Crippen LogP contribution in [0.2, 0.25) is 0 Å². The number of benzene rings is 2. The average Bonchev–Trinajstić information content (AvgIpc) is 2.48. The zero-order valence-corrected chi connectivity index (χ0v) is 10.8. The summed E-state index contributed by atoms with van der Waals surface area (Å²) < 4.78 is 11.0. The van der Waals surface area contributed by atoms with Crippen LogP contribution in [0, 0.1) is 0 Å². The molecule has 1 aliphatic heterocycles. The first-order valence-electron chi connectivity index (χ1n) is 6.43. The minimum Gasteiger partial charge on any atom is -0.508 e. The van der Waals surface area contributed by atoms with Crippen molar-refractivity contribution >= 4 is 5.97 Å². The van der Waals surface area contributed by atoms with Gasteiger partial charge in [0.25, 0.3) is 0 Å². The van der Waals surface area contributed by atoms with Crippen LogP contribution in [-0.4, -0.2) is 23.8 Å². The van der Waals surface area contributed by atoms with Gasteiger partial charge in [-0.15, -0.1) is 0 Å². The number of esters is 1. The molecule has 1 heterocycles. The van der Waals surface area contributed by atoms with E-state index in [1.165, 1.54) is 0 Å². The Morgan fingerprint density at radius 1 is 1.20 bits per heavy atom. The minimum atomic E-state index is -0.346. The molecule has 0 amide bonds. The van der Waals surface area contributed by atoms with Crippen molar-refractivity contribution < 1.29 is 19.4 Å². The normalized spacial score (nSPS) is 16.9. The number of fused-ring (bicyclic) bond motifs is 1. The molecule has 4 nitrogen and oxygen atoms in total. The topological polar surface area (TPSA) is 55.8 Å². The van der Waals surface area contributed by atoms with Crippen molar-refractivity contribution in [2.75, 3.05) is 6.61 Å². The van der Waals surface area contributed by atoms with Gasteiger partial charge < -0.3 is 14.6 Å². The van der Waals surface area contributed by atoms with E-state index in [9.17, 15) is 9.90 Å². The van der Waals surface area contributed by atoms with Crippen LogP contribution in [0.4, 0.5) is 0 Å². The molecule has 2 aromatic rings. The molecule has 4 heteroatoms. The molecule has 3 rings (SSSR count). The fourth-order valence-corrected chi connectivity index (χ4v) is 2.20. The van der Waals surface area contributed by atoms with Crippen LogP contribution in [0.1, 0.15) is 15.9 Å². The molecule has 2 aromatic carbocycles. The Hall–Kier alpha value is -2.49. The molecule has 1 aliphatic rings. The molecule has 20 heavy (non-hydrogen) atoms. The number of phenols is 1. The van der Waals surface area contributed by atoms with Gasteiger partial charge in [0.2, 0.25) is 0 Å². The van der Waals surface area contributed by atoms with Crippen LogP contribution in [0.15, 0.2) is 48.5 Å². The molecule has 0 aromatic heterocycles. The molecule has 1 N–H and O–H groups in total. The molecule has 0 spiro atoms. The first-order chi connectivity index (χ1) is 9.72. The second-order valence-corrected chi connectivity index (χ2v) is 4.70. The summed E-state index contributed by atoms with van der Waals surface area (Å²) in [4.78, 5) is 12.0. The first-order valence-corrected chi connectivity index (χ1v) is 6.43. The Balaban J connectivity index is 1.69. The summed E-state index contributed by atoms with van der Waals surface area (Å²) in [5, 5.41) is 9.38. The van der Waals surface area contributed by atoms with Gasteiger partial charge in [-0.3, -0.25) is 0 Å². The van der Waals surface area contributed by atoms with Crippen molar-refractivity contribution in [2.24, 2.45) is 0 Å². The molecular formula is C16H14O4. The Kier molecular flexibility index (Phi) is 3.29. The predicted molar refractivity (Wildman–Crippen MR) is 73.0 cm³/mol. The van der Waals surface area contributed by atoms with Gasteiger partial charge in [-0.2, -0.15) is 0 Å². The fraction of sp³-hybridized carbons (Fsp3) is 0.188. The third-order valence-corrected chi connectivity index (χ3v) is 3.21. The van der Waals surface area contributed by atoms with E-state index >= 15 is 0 Å². The van der Waals surface area contributed by atoms with Crippen LogP contribution in [-0.2, 0) is 11.2 Å². The number of phenolic OH excluding ortho intramolecular Hbond substituents is 1. The summed E-state index contributed by atoms with van der Waals surface area (Å²) in [6, 6.07) is 13.8. The number of aromatic hydroxyl groups is 1. The van der Waals surface area contributed by atoms with Gasteiger partial charge in [-0.05, 0) is 23.8 Å². The molecule has 0 fully saturated rings. The number of carbonyl (C=O) groups excluding carboxylic acids is 1. The Morgan fingerprint density at radius 3 is 2.80 bits per heavy atom. The van der Waals surface area contributed by atoms with Crippen molar-refractivity contribution in [1.29, 1.82) is 0 Å². The second-order valence-electron chi connectivity index (χ2n) is 4.70. The summed E-state index contributed by atoms with van der Waals surface area (Å²) in [7, 11) is 0. The van der Waals surface area contributed by atoms with Crippen molar-refractivity contribution in [3.8, 4) is 11.5 Å². The standard InChI is InChI=1S/C16H14O4/c17-13-7-6-12-8-14(10-19-15(12)9-13)20-16(18)11-4-2-1-3-5-11/h1-7,9,14,17H,8,10H2. The molecule has 0 saturated carbocycles. The van der Waals surface area contributed by atoms with E-state index < -0.39 is 0 Å². The lowest BCUT2D eigenvalue weighted by Crippen LogP contribution is -2.31. The lowest BCUT2D eigenvalue weighted by molar-refractivity contribution is 0.0131. The van der Waals surface area contributed by atoms with Gasteiger partial charge >= 0.3 is 5.97 Å². The third-order valence-electron chi connectivity index (χ3n) is 3.21. The Morgan fingerprint density at radius 2 is 2.00 bits per heavy atom. The molecule has 0 bridgehead atoms. The van der Waals surface area contributed by atoms with Crippen molar-refractivity contribution in [1.82, 2.24) is 0 Å². The zero-order chi connectivity index (χ0) is 13.9. The predicted octanol–water partition coefficient (Wildman–Crippen LogP) is 2.55. The van der Waals surface area contributed by atoms with Crippen LogP contribution in [0.5, 0.6) is 11.5 Å². The molecule has 0 radical (unpaired) electrons. The van der Waals surface area contributed by atoms with Gasteiger partial charge in [0.15, 0.2) is 0 Å². The lowest BCUT2D eigenvalue weighted by atomic mass is 10.0. The SMILES string of the molecule is O=C(OC1COc2cc(O)ccc2C1)c1ccccc1. The molecule has 0 saturated heterocycles. The Labute approximate surface area is 116 Å². The summed E-state index contributed by atoms with van der Waals surface area (Å²) in [6.07, 6.45) is 0.286. The monoisotopic (exact) mass is 270 g/mol. The molecule has 1 atom stereocenters. The van der Waals surface area contributed by atoms with E-state index in [0.29, 0.717) is 24.3 Å². The largest absolute Gasteiger partial charge is 0.508 e. The Bertz CT molecular complexity index is 622. The van der Waals surface area contributed by atoms with Crippen LogP contribution >= 0.6 is 0 Å². The van der Waals surface area contributed by atoms with Crippen molar-refractivity contribution in [3.05, 3.63) is 59.7 Å². The van der Waals surface area contributed by atoms with Crippen LogP contribution < -0.4 is 4.74 Å². The number of hydrogen-bond acceptors (Lipinski definition) is 4. The fourth-order valence-electron chi connectivity index (χ4n) is 2.20. The van der Waals surface area contributed by atoms with E-state index in [2.05, 4.69) is 0 Å². The van der Waals surface area contributed by atoms with Crippen molar-refractivity contribution in [3.63, 3.8) is 0 Å². The van der Waals surface area contributed by atoms with E-state index in [1.807, 2.05) is 6.07 Å². The third kappa shape index (κ3) is 2.59. The van der Waals surface area contributed by atoms with E-state index in [0.717, 1.165) is 5.56 Å². The lowest BCUT2D eigenvalue weighted by Gasteiger charge is -2.25. The van der Waals surface area contributed by atoms with Crippen LogP contribution in [0.25, 0.3) is 0 Å². The van der Waals surface area contributed by atoms with Crippen LogP contribution in [0.3, 0.4) is 0 Å². The highest BCUT2D eigenvalue weighted by atomic mass is 16.6. The number of hydrogen-bond donors (Lipinski definition) is 1. The maximum Gasteiger partial charge on any atom is 0.338 e. The number of rotatable bonds is 2. The number of carbonyl (C=O) groups is 1. The molecular weight excluding hydrogens is 256 g/mol. The number of ether oxygens (including phenoxy) is 2. The first kappa shape index (κ1) is 12.5. The van der Waals surface area contributed by atoms with Gasteiger partial charge in [-0.25, -0.2) is 4.79 Å². The molecule has 0 aliphatic carbocycles. The van der Waals surface area contributed by atoms with E-state index in [-0.39, 0.29) is 17.8 Å². The summed E-state index contributed by atoms with van der Waals surface area (Å²) >= 11 is 0. The molecule has 1 unspecified atom stereocenters. The summed E-state index contributed by atoms with van der Waals surface area (Å²) in [5.74, 6) is 0.474. The van der Waals surface area contributed by atoms with Gasteiger partial charge in [0, 0.05) is 12.5 Å². The maximum atomic E-state index is 12.0. The quantitative estimate of drug-likeness (QED) is 0.852. The highest BCUT2D eigenvalue weighted by Gasteiger charge is 2.23. The van der Waals surface area contributed by atoms with E-state index in [4.69, 9.17) is 9.47 Å². The maximum absolute atomic E-state index is 12.0. The summed E-state index contributed by atoms with van der Waals surface area (Å²) in [6.45, 7) is 0.301. The minimum absolute atomic E-state index is 0.170. The van der Waals surface area contributed by atoms with Gasteiger partial charge in [-0.1, -0.05) is 24.3 Å². The van der Waals surface area contributed by atoms with Crippen molar-refractivity contribution in [2.45, 2.75) is 12.5 Å². The zero-order valence-electron chi connectivity index (χ0n) is 10.8. The second kappa shape index (κ2) is 5.25.